The minimum absolute atomic E-state index is 0.0933. The van der Waals surface area contributed by atoms with Crippen LogP contribution >= 0.6 is 0 Å². The van der Waals surface area contributed by atoms with E-state index in [-0.39, 0.29) is 5.56 Å². The molecule has 0 saturated carbocycles. The molecule has 0 aromatic carbocycles. The number of carbonyl (C=O) groups excluding carboxylic acids is 1. The Kier molecular flexibility index (Phi) is 3.83. The van der Waals surface area contributed by atoms with E-state index in [0.717, 1.165) is 0 Å². The van der Waals surface area contributed by atoms with Gasteiger partial charge in [-0.05, 0) is 26.0 Å². The van der Waals surface area contributed by atoms with E-state index in [0.29, 0.717) is 12.6 Å². The highest BCUT2D eigenvalue weighted by molar-refractivity contribution is 5.98. The number of aryl methyl sites for hydroxylation is 1. The molecular weight excluding hydrogens is 265 g/mol. The number of pyridine rings is 1. The number of carbonyl (C=O) groups is 2. The minimum atomic E-state index is -5.11. The molecule has 8 heteroatoms. The predicted molar refractivity (Wildman–Crippen MR) is 58.5 cm³/mol. The number of hydrogen-bond acceptors (Lipinski definition) is 3. The first-order valence-electron chi connectivity index (χ1n) is 5.13. The maximum Gasteiger partial charge on any atom is 0.422 e. The summed E-state index contributed by atoms with van der Waals surface area (Å²) < 4.78 is 38.1. The number of hydrogen-bond donors (Lipinski definition) is 2. The lowest BCUT2D eigenvalue weighted by Gasteiger charge is -2.28. The molecule has 0 bridgehead atoms. The Labute approximate surface area is 106 Å². The number of nitrogens with one attached hydrogen (secondary N) is 1. The maximum absolute atomic E-state index is 12.7. The van der Waals surface area contributed by atoms with Gasteiger partial charge >= 0.3 is 12.1 Å². The van der Waals surface area contributed by atoms with Crippen molar-refractivity contribution in [1.82, 2.24) is 10.3 Å². The van der Waals surface area contributed by atoms with Crippen LogP contribution in [-0.2, 0) is 4.79 Å². The maximum atomic E-state index is 12.7. The Bertz CT molecular complexity index is 516. The number of aliphatic carboxylic acids is 1. The largest absolute Gasteiger partial charge is 0.479 e. The molecule has 1 aromatic rings. The smallest absolute Gasteiger partial charge is 0.422 e. The van der Waals surface area contributed by atoms with Crippen LogP contribution < -0.4 is 5.32 Å². The van der Waals surface area contributed by atoms with Gasteiger partial charge in [-0.15, -0.1) is 0 Å². The number of amides is 1. The first kappa shape index (κ1) is 14.9. The summed E-state index contributed by atoms with van der Waals surface area (Å²) in [6.07, 6.45) is -3.87. The second-order valence-corrected chi connectivity index (χ2v) is 4.07. The molecule has 19 heavy (non-hydrogen) atoms. The lowest BCUT2D eigenvalue weighted by atomic mass is 10.0. The van der Waals surface area contributed by atoms with Gasteiger partial charge in [0.1, 0.15) is 0 Å². The van der Waals surface area contributed by atoms with Gasteiger partial charge in [0.05, 0.1) is 0 Å². The highest BCUT2D eigenvalue weighted by atomic mass is 19.4. The molecule has 0 aliphatic heterocycles. The van der Waals surface area contributed by atoms with Crippen molar-refractivity contribution in [3.63, 3.8) is 0 Å². The van der Waals surface area contributed by atoms with E-state index in [4.69, 9.17) is 5.11 Å². The number of carboxylic acids is 1. The molecule has 1 rings (SSSR count). The predicted octanol–water partition coefficient (Wildman–Crippen LogP) is 1.53. The highest BCUT2D eigenvalue weighted by Crippen LogP contribution is 2.30. The van der Waals surface area contributed by atoms with Crippen molar-refractivity contribution < 1.29 is 27.9 Å². The fourth-order valence-corrected chi connectivity index (χ4v) is 1.23. The Morgan fingerprint density at radius 3 is 2.37 bits per heavy atom. The summed E-state index contributed by atoms with van der Waals surface area (Å²) >= 11 is 0. The third-order valence-corrected chi connectivity index (χ3v) is 2.52. The summed E-state index contributed by atoms with van der Waals surface area (Å²) in [4.78, 5) is 26.2. The van der Waals surface area contributed by atoms with Gasteiger partial charge in [0.2, 0.25) is 5.54 Å². The van der Waals surface area contributed by atoms with Crippen molar-refractivity contribution in [2.75, 3.05) is 0 Å². The van der Waals surface area contributed by atoms with Crippen LogP contribution in [0.2, 0.25) is 0 Å². The minimum Gasteiger partial charge on any atom is -0.479 e. The summed E-state index contributed by atoms with van der Waals surface area (Å²) in [7, 11) is 0. The average molecular weight is 276 g/mol. The SMILES string of the molecule is Cc1cc(C(=O)NC(C)(C(=O)O)C(F)(F)F)ccn1. The zero-order chi connectivity index (χ0) is 14.8. The average Bonchev–Trinajstić information content (AvgIpc) is 2.27. The van der Waals surface area contributed by atoms with Crippen molar-refractivity contribution in [3.8, 4) is 0 Å². The Morgan fingerprint density at radius 1 is 1.37 bits per heavy atom. The van der Waals surface area contributed by atoms with Gasteiger partial charge in [-0.3, -0.25) is 9.78 Å². The summed E-state index contributed by atoms with van der Waals surface area (Å²) in [5.41, 5.74) is -3.01. The van der Waals surface area contributed by atoms with Crippen LogP contribution in [0, 0.1) is 6.92 Å². The number of alkyl halides is 3. The normalized spacial score (nSPS) is 14.6. The van der Waals surface area contributed by atoms with Crippen molar-refractivity contribution in [3.05, 3.63) is 29.6 Å². The second kappa shape index (κ2) is 4.87. The number of carboxylic acid groups (broad SMARTS) is 1. The molecule has 5 nitrogen and oxygen atoms in total. The first-order valence-corrected chi connectivity index (χ1v) is 5.13. The molecular formula is C11H11F3N2O3. The van der Waals surface area contributed by atoms with Crippen molar-refractivity contribution >= 4 is 11.9 Å². The molecule has 0 radical (unpaired) electrons. The topological polar surface area (TPSA) is 79.3 Å². The van der Waals surface area contributed by atoms with Crippen LogP contribution in [0.15, 0.2) is 18.3 Å². The van der Waals surface area contributed by atoms with Crippen LogP contribution in [0.25, 0.3) is 0 Å². The van der Waals surface area contributed by atoms with E-state index in [1.807, 2.05) is 0 Å². The Hall–Kier alpha value is -2.12. The molecule has 1 atom stereocenters. The third kappa shape index (κ3) is 3.01. The van der Waals surface area contributed by atoms with Crippen LogP contribution in [0.4, 0.5) is 13.2 Å². The van der Waals surface area contributed by atoms with Crippen molar-refractivity contribution in [2.24, 2.45) is 0 Å². The quantitative estimate of drug-likeness (QED) is 0.877. The van der Waals surface area contributed by atoms with E-state index < -0.39 is 23.6 Å². The zero-order valence-electron chi connectivity index (χ0n) is 10.1. The van der Waals surface area contributed by atoms with Crippen LogP contribution in [0.5, 0.6) is 0 Å². The molecule has 1 aromatic heterocycles. The standard InChI is InChI=1S/C11H11F3N2O3/c1-6-5-7(3-4-15-6)8(17)16-10(2,9(18)19)11(12,13)14/h3-5H,1-2H3,(H,16,17)(H,18,19). The van der Waals surface area contributed by atoms with E-state index in [2.05, 4.69) is 4.98 Å². The van der Waals surface area contributed by atoms with Gasteiger partial charge in [-0.25, -0.2) is 4.79 Å². The summed E-state index contributed by atoms with van der Waals surface area (Å²) in [5, 5.41) is 10.2. The lowest BCUT2D eigenvalue weighted by molar-refractivity contribution is -0.203. The van der Waals surface area contributed by atoms with Crippen LogP contribution in [0.3, 0.4) is 0 Å². The molecule has 0 fully saturated rings. The monoisotopic (exact) mass is 276 g/mol. The molecule has 1 heterocycles. The van der Waals surface area contributed by atoms with Crippen molar-refractivity contribution in [2.45, 2.75) is 25.6 Å². The Morgan fingerprint density at radius 2 is 1.95 bits per heavy atom. The molecule has 0 aliphatic carbocycles. The molecule has 0 saturated heterocycles. The lowest BCUT2D eigenvalue weighted by Crippen LogP contribution is -2.61. The summed E-state index contributed by atoms with van der Waals surface area (Å²) in [5.74, 6) is -3.31. The third-order valence-electron chi connectivity index (χ3n) is 2.52. The second-order valence-electron chi connectivity index (χ2n) is 4.07. The molecule has 104 valence electrons. The summed E-state index contributed by atoms with van der Waals surface area (Å²) in [6.45, 7) is 1.94. The van der Waals surface area contributed by atoms with E-state index in [1.54, 1.807) is 6.92 Å². The van der Waals surface area contributed by atoms with Crippen molar-refractivity contribution in [1.29, 1.82) is 0 Å². The molecule has 0 aliphatic rings. The Balaban J connectivity index is 3.06. The zero-order valence-corrected chi connectivity index (χ0v) is 10.1. The summed E-state index contributed by atoms with van der Waals surface area (Å²) in [6, 6.07) is 2.45. The van der Waals surface area contributed by atoms with Gasteiger partial charge in [-0.1, -0.05) is 0 Å². The fourth-order valence-electron chi connectivity index (χ4n) is 1.23. The number of rotatable bonds is 3. The number of halogens is 3. The molecule has 1 unspecified atom stereocenters. The van der Waals surface area contributed by atoms with E-state index in [1.165, 1.54) is 23.6 Å². The van der Waals surface area contributed by atoms with Gasteiger partial charge in [0, 0.05) is 17.5 Å². The van der Waals surface area contributed by atoms with Crippen LogP contribution in [-0.4, -0.2) is 33.7 Å². The number of aromatic nitrogens is 1. The van der Waals surface area contributed by atoms with Crippen LogP contribution in [0.1, 0.15) is 23.0 Å². The van der Waals surface area contributed by atoms with E-state index in [9.17, 15) is 22.8 Å². The van der Waals surface area contributed by atoms with E-state index >= 15 is 0 Å². The van der Waals surface area contributed by atoms with Gasteiger partial charge in [0.15, 0.2) is 0 Å². The molecule has 1 amide bonds. The highest BCUT2D eigenvalue weighted by Gasteiger charge is 2.58. The van der Waals surface area contributed by atoms with Gasteiger partial charge in [0.25, 0.3) is 5.91 Å². The van der Waals surface area contributed by atoms with Gasteiger partial charge < -0.3 is 10.4 Å². The molecule has 2 N–H and O–H groups in total. The molecule has 0 spiro atoms. The first-order chi connectivity index (χ1) is 8.58. The fraction of sp³-hybridized carbons (Fsp3) is 0.364. The van der Waals surface area contributed by atoms with Gasteiger partial charge in [-0.2, -0.15) is 13.2 Å². The number of nitrogens with zero attached hydrogens (tertiary/aromatic N) is 1.